The van der Waals surface area contributed by atoms with E-state index in [-0.39, 0.29) is 16.9 Å². The van der Waals surface area contributed by atoms with Crippen molar-refractivity contribution >= 4 is 21.8 Å². The predicted octanol–water partition coefficient (Wildman–Crippen LogP) is 1.49. The Morgan fingerprint density at radius 2 is 1.58 bits per heavy atom. The van der Waals surface area contributed by atoms with Crippen LogP contribution in [0.4, 0.5) is 0 Å². The summed E-state index contributed by atoms with van der Waals surface area (Å²) < 4.78 is 36.9. The molecule has 0 unspecified atom stereocenters. The first-order valence-corrected chi connectivity index (χ1v) is 11.2. The molecule has 2 aromatic carbocycles. The van der Waals surface area contributed by atoms with E-state index in [2.05, 4.69) is 10.9 Å². The molecule has 1 fully saturated rings. The highest BCUT2D eigenvalue weighted by Gasteiger charge is 2.27. The van der Waals surface area contributed by atoms with Gasteiger partial charge in [0, 0.05) is 18.7 Å². The molecular weight excluding hydrogens is 422 g/mol. The number of hydrogen-bond donors (Lipinski definition) is 2. The molecular formula is C21H25N3O6S. The standard InChI is InChI=1S/C21H25N3O6S/c1-29-18-10-5-15(13-19(18)30-2)14-20(25)22-23-21(26)16-6-8-17(9-7-16)31(27,28)24-11-3-4-12-24/h5-10,13H,3-4,11-12,14H2,1-2H3,(H,22,25)(H,23,26). The Balaban J connectivity index is 1.56. The summed E-state index contributed by atoms with van der Waals surface area (Å²) in [6.07, 6.45) is 1.72. The molecule has 1 saturated heterocycles. The van der Waals surface area contributed by atoms with Gasteiger partial charge in [0.15, 0.2) is 11.5 Å². The maximum absolute atomic E-state index is 12.5. The quantitative estimate of drug-likeness (QED) is 0.622. The summed E-state index contributed by atoms with van der Waals surface area (Å²) in [6, 6.07) is 10.7. The van der Waals surface area contributed by atoms with Crippen LogP contribution in [0.15, 0.2) is 47.4 Å². The lowest BCUT2D eigenvalue weighted by atomic mass is 10.1. The molecule has 0 radical (unpaired) electrons. The number of ether oxygens (including phenoxy) is 2. The largest absolute Gasteiger partial charge is 0.493 e. The number of hydrazine groups is 1. The highest BCUT2D eigenvalue weighted by atomic mass is 32.2. The highest BCUT2D eigenvalue weighted by Crippen LogP contribution is 2.27. The van der Waals surface area contributed by atoms with Crippen LogP contribution >= 0.6 is 0 Å². The van der Waals surface area contributed by atoms with Gasteiger partial charge in [0.2, 0.25) is 15.9 Å². The van der Waals surface area contributed by atoms with Gasteiger partial charge in [0.25, 0.3) is 5.91 Å². The van der Waals surface area contributed by atoms with E-state index in [1.54, 1.807) is 18.2 Å². The first kappa shape index (κ1) is 22.6. The molecule has 0 atom stereocenters. The lowest BCUT2D eigenvalue weighted by Crippen LogP contribution is -2.42. The Morgan fingerprint density at radius 3 is 2.19 bits per heavy atom. The van der Waals surface area contributed by atoms with Crippen LogP contribution in [0.2, 0.25) is 0 Å². The molecule has 2 amide bonds. The summed E-state index contributed by atoms with van der Waals surface area (Å²) in [5.41, 5.74) is 5.59. The monoisotopic (exact) mass is 447 g/mol. The van der Waals surface area contributed by atoms with E-state index < -0.39 is 21.8 Å². The number of methoxy groups -OCH3 is 2. The summed E-state index contributed by atoms with van der Waals surface area (Å²) in [6.45, 7) is 1.02. The smallest absolute Gasteiger partial charge is 0.269 e. The minimum atomic E-state index is -3.54. The molecule has 0 bridgehead atoms. The molecule has 2 N–H and O–H groups in total. The van der Waals surface area contributed by atoms with Gasteiger partial charge in [-0.1, -0.05) is 6.07 Å². The third-order valence-corrected chi connectivity index (χ3v) is 6.86. The topological polar surface area (TPSA) is 114 Å². The van der Waals surface area contributed by atoms with Crippen LogP contribution in [0.3, 0.4) is 0 Å². The molecule has 10 heteroatoms. The fraction of sp³-hybridized carbons (Fsp3) is 0.333. The number of carbonyl (C=O) groups is 2. The summed E-state index contributed by atoms with van der Waals surface area (Å²) in [7, 11) is -0.514. The van der Waals surface area contributed by atoms with E-state index in [1.807, 2.05) is 0 Å². The van der Waals surface area contributed by atoms with Crippen LogP contribution in [0.25, 0.3) is 0 Å². The normalized spacial score (nSPS) is 14.1. The van der Waals surface area contributed by atoms with Gasteiger partial charge in [0.05, 0.1) is 25.5 Å². The Hall–Kier alpha value is -3.11. The predicted molar refractivity (Wildman–Crippen MR) is 113 cm³/mol. The fourth-order valence-electron chi connectivity index (χ4n) is 3.27. The van der Waals surface area contributed by atoms with E-state index in [4.69, 9.17) is 9.47 Å². The second-order valence-electron chi connectivity index (χ2n) is 7.00. The van der Waals surface area contributed by atoms with Gasteiger partial charge in [-0.25, -0.2) is 8.42 Å². The minimum Gasteiger partial charge on any atom is -0.493 e. The van der Waals surface area contributed by atoms with Crippen molar-refractivity contribution in [1.82, 2.24) is 15.2 Å². The number of hydrogen-bond acceptors (Lipinski definition) is 6. The summed E-state index contributed by atoms with van der Waals surface area (Å²) in [4.78, 5) is 24.6. The lowest BCUT2D eigenvalue weighted by Gasteiger charge is -2.15. The van der Waals surface area contributed by atoms with Crippen molar-refractivity contribution in [3.63, 3.8) is 0 Å². The number of rotatable bonds is 7. The maximum Gasteiger partial charge on any atom is 0.269 e. The molecule has 1 aliphatic heterocycles. The molecule has 3 rings (SSSR count). The van der Waals surface area contributed by atoms with E-state index in [0.29, 0.717) is 30.2 Å². The molecule has 1 aliphatic rings. The average molecular weight is 448 g/mol. The van der Waals surface area contributed by atoms with Crippen molar-refractivity contribution in [1.29, 1.82) is 0 Å². The number of amides is 2. The second kappa shape index (κ2) is 9.80. The molecule has 9 nitrogen and oxygen atoms in total. The Bertz CT molecular complexity index is 1050. The average Bonchev–Trinajstić information content (AvgIpc) is 3.33. The van der Waals surface area contributed by atoms with Crippen LogP contribution in [0.1, 0.15) is 28.8 Å². The van der Waals surface area contributed by atoms with Crippen molar-refractivity contribution in [3.05, 3.63) is 53.6 Å². The Labute approximate surface area is 181 Å². The summed E-state index contributed by atoms with van der Waals surface area (Å²) in [5, 5.41) is 0. The number of nitrogens with zero attached hydrogens (tertiary/aromatic N) is 1. The zero-order chi connectivity index (χ0) is 22.4. The van der Waals surface area contributed by atoms with Gasteiger partial charge in [-0.2, -0.15) is 4.31 Å². The van der Waals surface area contributed by atoms with Gasteiger partial charge in [0.1, 0.15) is 0 Å². The number of benzene rings is 2. The van der Waals surface area contributed by atoms with E-state index in [1.165, 1.54) is 42.8 Å². The number of carbonyl (C=O) groups excluding carboxylic acids is 2. The van der Waals surface area contributed by atoms with Crippen molar-refractivity contribution in [3.8, 4) is 11.5 Å². The van der Waals surface area contributed by atoms with Crippen LogP contribution in [-0.4, -0.2) is 51.8 Å². The van der Waals surface area contributed by atoms with Gasteiger partial charge in [-0.05, 0) is 54.8 Å². The van der Waals surface area contributed by atoms with Crippen molar-refractivity contribution in [2.75, 3.05) is 27.3 Å². The zero-order valence-corrected chi connectivity index (χ0v) is 18.2. The summed E-state index contributed by atoms with van der Waals surface area (Å²) >= 11 is 0. The lowest BCUT2D eigenvalue weighted by molar-refractivity contribution is -0.121. The van der Waals surface area contributed by atoms with Gasteiger partial charge in [-0.3, -0.25) is 20.4 Å². The van der Waals surface area contributed by atoms with E-state index in [0.717, 1.165) is 12.8 Å². The highest BCUT2D eigenvalue weighted by molar-refractivity contribution is 7.89. The van der Waals surface area contributed by atoms with Crippen LogP contribution < -0.4 is 20.3 Å². The number of nitrogens with one attached hydrogen (secondary N) is 2. The Morgan fingerprint density at radius 1 is 0.935 bits per heavy atom. The van der Waals surface area contributed by atoms with Gasteiger partial charge >= 0.3 is 0 Å². The van der Waals surface area contributed by atoms with Crippen molar-refractivity contribution < 1.29 is 27.5 Å². The zero-order valence-electron chi connectivity index (χ0n) is 17.4. The maximum atomic E-state index is 12.5. The third-order valence-electron chi connectivity index (χ3n) is 4.95. The Kier molecular flexibility index (Phi) is 7.13. The third kappa shape index (κ3) is 5.33. The van der Waals surface area contributed by atoms with Crippen LogP contribution in [-0.2, 0) is 21.2 Å². The van der Waals surface area contributed by atoms with E-state index >= 15 is 0 Å². The van der Waals surface area contributed by atoms with Crippen LogP contribution in [0, 0.1) is 0 Å². The van der Waals surface area contributed by atoms with Gasteiger partial charge in [-0.15, -0.1) is 0 Å². The SMILES string of the molecule is COc1ccc(CC(=O)NNC(=O)c2ccc(S(=O)(=O)N3CCCC3)cc2)cc1OC. The molecule has 31 heavy (non-hydrogen) atoms. The fourth-order valence-corrected chi connectivity index (χ4v) is 4.79. The van der Waals surface area contributed by atoms with Gasteiger partial charge < -0.3 is 9.47 Å². The molecule has 1 heterocycles. The minimum absolute atomic E-state index is 0.0215. The van der Waals surface area contributed by atoms with E-state index in [9.17, 15) is 18.0 Å². The first-order chi connectivity index (χ1) is 14.8. The molecule has 0 spiro atoms. The second-order valence-corrected chi connectivity index (χ2v) is 8.94. The van der Waals surface area contributed by atoms with Crippen molar-refractivity contribution in [2.24, 2.45) is 0 Å². The molecule has 0 aromatic heterocycles. The molecule has 0 aliphatic carbocycles. The number of sulfonamides is 1. The summed E-state index contributed by atoms with van der Waals surface area (Å²) in [5.74, 6) is 0.0792. The van der Waals surface area contributed by atoms with Crippen molar-refractivity contribution in [2.45, 2.75) is 24.2 Å². The molecule has 0 saturated carbocycles. The van der Waals surface area contributed by atoms with Crippen LogP contribution in [0.5, 0.6) is 11.5 Å². The molecule has 2 aromatic rings. The molecule has 166 valence electrons. The first-order valence-electron chi connectivity index (χ1n) is 9.75.